The third-order valence-corrected chi connectivity index (χ3v) is 8.64. The maximum Gasteiger partial charge on any atom is 0.338 e. The van der Waals surface area contributed by atoms with Crippen LogP contribution in [0.25, 0.3) is 17.4 Å². The van der Waals surface area contributed by atoms with Crippen LogP contribution in [0.5, 0.6) is 0 Å². The van der Waals surface area contributed by atoms with E-state index in [2.05, 4.69) is 13.8 Å². The van der Waals surface area contributed by atoms with Crippen molar-refractivity contribution < 1.29 is 13.9 Å². The summed E-state index contributed by atoms with van der Waals surface area (Å²) in [4.78, 5) is 32.7. The van der Waals surface area contributed by atoms with Crippen molar-refractivity contribution >= 4 is 46.6 Å². The number of carbonyl (C=O) groups is 1. The molecule has 0 bridgehead atoms. The smallest absolute Gasteiger partial charge is 0.338 e. The van der Waals surface area contributed by atoms with Gasteiger partial charge in [0.2, 0.25) is 0 Å². The van der Waals surface area contributed by atoms with Crippen LogP contribution in [0.15, 0.2) is 80.1 Å². The Labute approximate surface area is 252 Å². The fraction of sp³-hybridized carbons (Fsp3) is 0.281. The van der Waals surface area contributed by atoms with Gasteiger partial charge in [-0.2, -0.15) is 0 Å². The maximum absolute atomic E-state index is 14.0. The third-order valence-electron chi connectivity index (χ3n) is 6.92. The van der Waals surface area contributed by atoms with E-state index in [1.54, 1.807) is 35.8 Å². The van der Waals surface area contributed by atoms with Crippen LogP contribution in [-0.2, 0) is 9.53 Å². The lowest BCUT2D eigenvalue weighted by Crippen LogP contribution is -2.40. The van der Waals surface area contributed by atoms with Gasteiger partial charge >= 0.3 is 5.97 Å². The van der Waals surface area contributed by atoms with Crippen LogP contribution in [0.1, 0.15) is 69.4 Å². The molecule has 3 heterocycles. The summed E-state index contributed by atoms with van der Waals surface area (Å²) < 4.78 is 13.6. The number of esters is 1. The number of benzene rings is 2. The fourth-order valence-electron chi connectivity index (χ4n) is 4.86. The number of allylic oxidation sites excluding steroid dienone is 1. The Morgan fingerprint density at radius 2 is 1.85 bits per heavy atom. The van der Waals surface area contributed by atoms with Crippen molar-refractivity contribution in [1.82, 2.24) is 4.57 Å². The number of carbonyl (C=O) groups excluding carboxylic acids is 1. The maximum atomic E-state index is 14.0. The van der Waals surface area contributed by atoms with Gasteiger partial charge in [0, 0.05) is 11.6 Å². The van der Waals surface area contributed by atoms with Gasteiger partial charge in [-0.05, 0) is 60.7 Å². The number of rotatable bonds is 8. The van der Waals surface area contributed by atoms with Gasteiger partial charge in [-0.15, -0.1) is 0 Å². The molecule has 0 radical (unpaired) electrons. The van der Waals surface area contributed by atoms with E-state index in [1.807, 2.05) is 43.3 Å². The minimum absolute atomic E-state index is 0.227. The summed E-state index contributed by atoms with van der Waals surface area (Å²) in [5.41, 5.74) is 3.58. The molecule has 1 aliphatic rings. The molecule has 0 spiro atoms. The topological polar surface area (TPSA) is 73.8 Å². The number of hydrogen-bond donors (Lipinski definition) is 0. The highest BCUT2D eigenvalue weighted by molar-refractivity contribution is 7.07. The fourth-order valence-corrected chi connectivity index (χ4v) is 6.16. The zero-order chi connectivity index (χ0) is 29.3. The van der Waals surface area contributed by atoms with E-state index in [-0.39, 0.29) is 12.2 Å². The summed E-state index contributed by atoms with van der Waals surface area (Å²) in [5.74, 6) is 1.00. The molecule has 4 aromatic rings. The molecule has 5 rings (SSSR count). The van der Waals surface area contributed by atoms with Gasteiger partial charge in [-0.25, -0.2) is 9.79 Å². The summed E-state index contributed by atoms with van der Waals surface area (Å²) in [7, 11) is 0. The molecule has 1 aliphatic heterocycles. The first-order valence-electron chi connectivity index (χ1n) is 13.6. The average Bonchev–Trinajstić information content (AvgIpc) is 3.54. The lowest BCUT2D eigenvalue weighted by molar-refractivity contribution is -0.139. The van der Waals surface area contributed by atoms with E-state index >= 15 is 0 Å². The Hall–Kier alpha value is -3.39. The van der Waals surface area contributed by atoms with Crippen molar-refractivity contribution in [2.75, 3.05) is 6.61 Å². The molecule has 0 amide bonds. The highest BCUT2D eigenvalue weighted by atomic mass is 35.5. The number of fused-ring (bicyclic) bond motifs is 1. The Bertz CT molecular complexity index is 1810. The lowest BCUT2D eigenvalue weighted by Gasteiger charge is -2.26. The van der Waals surface area contributed by atoms with E-state index in [1.165, 1.54) is 16.9 Å². The number of aromatic nitrogens is 1. The molecule has 9 heteroatoms. The number of ether oxygens (including phenoxy) is 1. The molecule has 0 aliphatic carbocycles. The van der Waals surface area contributed by atoms with Crippen LogP contribution >= 0.6 is 34.5 Å². The van der Waals surface area contributed by atoms with Gasteiger partial charge in [0.1, 0.15) is 11.5 Å². The van der Waals surface area contributed by atoms with Crippen molar-refractivity contribution in [2.45, 2.75) is 52.5 Å². The number of thiazole rings is 1. The zero-order valence-corrected chi connectivity index (χ0v) is 25.6. The van der Waals surface area contributed by atoms with Crippen molar-refractivity contribution in [2.24, 2.45) is 4.99 Å². The highest BCUT2D eigenvalue weighted by Gasteiger charge is 2.34. The van der Waals surface area contributed by atoms with E-state index in [9.17, 15) is 9.59 Å². The minimum Gasteiger partial charge on any atom is -0.463 e. The van der Waals surface area contributed by atoms with Gasteiger partial charge in [0.15, 0.2) is 4.80 Å². The van der Waals surface area contributed by atoms with Gasteiger partial charge < -0.3 is 9.15 Å². The largest absolute Gasteiger partial charge is 0.463 e. The van der Waals surface area contributed by atoms with E-state index in [4.69, 9.17) is 37.3 Å². The molecule has 0 N–H and O–H groups in total. The van der Waals surface area contributed by atoms with Crippen LogP contribution in [0, 0.1) is 0 Å². The van der Waals surface area contributed by atoms with Crippen molar-refractivity contribution in [3.05, 3.63) is 112 Å². The Kier molecular flexibility index (Phi) is 8.68. The summed E-state index contributed by atoms with van der Waals surface area (Å²) in [6.45, 7) is 8.29. The summed E-state index contributed by atoms with van der Waals surface area (Å²) >= 11 is 13.5. The molecular weight excluding hydrogens is 579 g/mol. The van der Waals surface area contributed by atoms with Crippen molar-refractivity contribution in [3.8, 4) is 11.3 Å². The predicted octanol–water partition coefficient (Wildman–Crippen LogP) is 7.27. The van der Waals surface area contributed by atoms with Crippen LogP contribution in [0.4, 0.5) is 0 Å². The van der Waals surface area contributed by atoms with Crippen LogP contribution in [0.2, 0.25) is 10.0 Å². The minimum atomic E-state index is -0.654. The molecule has 2 aromatic carbocycles. The van der Waals surface area contributed by atoms with E-state index in [0.29, 0.717) is 54.5 Å². The van der Waals surface area contributed by atoms with Gasteiger partial charge in [0.05, 0.1) is 38.5 Å². The first kappa shape index (κ1) is 29.1. The second kappa shape index (κ2) is 12.2. The summed E-state index contributed by atoms with van der Waals surface area (Å²) in [6.07, 6.45) is 3.08. The molecule has 212 valence electrons. The SMILES string of the molecule is CCCC1=C(C(=O)OCC)C(c2ccc(C(C)C)cc2)n2c(s/c(=C\c3ccc(-c4ccc(Cl)c(Cl)c4)o3)c2=O)=N1. The average molecular weight is 610 g/mol. The first-order chi connectivity index (χ1) is 19.7. The second-order valence-electron chi connectivity index (χ2n) is 10.1. The number of halogens is 2. The molecule has 0 fully saturated rings. The number of furan rings is 1. The molecule has 41 heavy (non-hydrogen) atoms. The summed E-state index contributed by atoms with van der Waals surface area (Å²) in [5, 5.41) is 0.887. The molecule has 0 saturated heterocycles. The van der Waals surface area contributed by atoms with Crippen LogP contribution in [-0.4, -0.2) is 17.1 Å². The molecular formula is C32H30Cl2N2O4S. The van der Waals surface area contributed by atoms with Gasteiger partial charge in [0.25, 0.3) is 5.56 Å². The number of nitrogens with zero attached hydrogens (tertiary/aromatic N) is 2. The third kappa shape index (κ3) is 5.85. The molecule has 0 saturated carbocycles. The second-order valence-corrected chi connectivity index (χ2v) is 11.9. The van der Waals surface area contributed by atoms with Crippen LogP contribution < -0.4 is 14.9 Å². The Morgan fingerprint density at radius 1 is 1.10 bits per heavy atom. The van der Waals surface area contributed by atoms with Crippen molar-refractivity contribution in [1.29, 1.82) is 0 Å². The van der Waals surface area contributed by atoms with Crippen LogP contribution in [0.3, 0.4) is 0 Å². The first-order valence-corrected chi connectivity index (χ1v) is 15.2. The molecule has 2 aromatic heterocycles. The molecule has 1 unspecified atom stereocenters. The normalized spacial score (nSPS) is 15.3. The van der Waals surface area contributed by atoms with Gasteiger partial charge in [-0.1, -0.05) is 86.0 Å². The Morgan fingerprint density at radius 3 is 2.51 bits per heavy atom. The number of hydrogen-bond acceptors (Lipinski definition) is 6. The standard InChI is InChI=1S/C32H30Cl2N2O4S/c1-5-7-25-28(31(38)39-6-2)29(20-10-8-19(9-11-20)18(3)4)36-30(37)27(41-32(36)35-25)17-22-13-15-26(40-22)21-12-14-23(33)24(34)16-21/h8-18,29H,5-7H2,1-4H3/b27-17-. The zero-order valence-electron chi connectivity index (χ0n) is 23.2. The predicted molar refractivity (Wildman–Crippen MR) is 164 cm³/mol. The summed E-state index contributed by atoms with van der Waals surface area (Å²) in [6, 6.07) is 16.3. The lowest BCUT2D eigenvalue weighted by atomic mass is 9.92. The highest BCUT2D eigenvalue weighted by Crippen LogP contribution is 2.33. The van der Waals surface area contributed by atoms with E-state index < -0.39 is 12.0 Å². The molecule has 6 nitrogen and oxygen atoms in total. The Balaban J connectivity index is 1.66. The molecule has 1 atom stereocenters. The van der Waals surface area contributed by atoms with Crippen molar-refractivity contribution in [3.63, 3.8) is 0 Å². The van der Waals surface area contributed by atoms with Gasteiger partial charge in [-0.3, -0.25) is 9.36 Å². The quantitative estimate of drug-likeness (QED) is 0.197. The monoisotopic (exact) mass is 608 g/mol. The van der Waals surface area contributed by atoms with E-state index in [0.717, 1.165) is 17.5 Å².